The van der Waals surface area contributed by atoms with E-state index in [-0.39, 0.29) is 23.6 Å². The van der Waals surface area contributed by atoms with Gasteiger partial charge in [-0.2, -0.15) is 0 Å². The number of ether oxygens (including phenoxy) is 1. The molecule has 0 radical (unpaired) electrons. The third kappa shape index (κ3) is 5.03. The minimum Gasteiger partial charge on any atom is -0.375 e. The molecule has 1 aromatic carbocycles. The molecular weight excluding hydrogens is 450 g/mol. The highest BCUT2D eigenvalue weighted by molar-refractivity contribution is 6.31. The number of halogens is 1. The number of aromatic amines is 1. The van der Waals surface area contributed by atoms with E-state index in [9.17, 15) is 9.59 Å². The van der Waals surface area contributed by atoms with Crippen molar-refractivity contribution in [1.82, 2.24) is 10.3 Å². The van der Waals surface area contributed by atoms with Crippen LogP contribution in [0.25, 0.3) is 0 Å². The number of hydrogen-bond donors (Lipinski definition) is 2. The van der Waals surface area contributed by atoms with Crippen LogP contribution in [0.1, 0.15) is 78.2 Å². The highest BCUT2D eigenvalue weighted by Gasteiger charge is 2.40. The Hall–Kier alpha value is -2.31. The summed E-state index contributed by atoms with van der Waals surface area (Å²) < 4.78 is 6.11. The van der Waals surface area contributed by atoms with Crippen LogP contribution in [0.15, 0.2) is 23.0 Å². The molecule has 4 rings (SSSR count). The molecule has 7 heteroatoms. The van der Waals surface area contributed by atoms with E-state index in [0.29, 0.717) is 22.2 Å². The summed E-state index contributed by atoms with van der Waals surface area (Å²) in [6, 6.07) is 6.01. The Balaban J connectivity index is 1.53. The minimum atomic E-state index is -0.223. The molecule has 1 aliphatic carbocycles. The smallest absolute Gasteiger partial charge is 0.253 e. The summed E-state index contributed by atoms with van der Waals surface area (Å²) in [5.74, 6) is -0.223. The fourth-order valence-corrected chi connectivity index (χ4v) is 5.99. The highest BCUT2D eigenvalue weighted by Crippen LogP contribution is 2.42. The van der Waals surface area contributed by atoms with Crippen molar-refractivity contribution < 1.29 is 9.53 Å². The second kappa shape index (κ2) is 10.1. The van der Waals surface area contributed by atoms with Crippen molar-refractivity contribution in [2.24, 2.45) is 0 Å². The van der Waals surface area contributed by atoms with Crippen LogP contribution in [-0.4, -0.2) is 35.7 Å². The number of hydrogen-bond acceptors (Lipinski definition) is 4. The molecule has 2 aromatic rings. The molecule has 2 N–H and O–H groups in total. The van der Waals surface area contributed by atoms with Gasteiger partial charge in [0.05, 0.1) is 5.60 Å². The Kier molecular flexibility index (Phi) is 7.39. The zero-order valence-corrected chi connectivity index (χ0v) is 21.5. The van der Waals surface area contributed by atoms with Crippen molar-refractivity contribution in [2.75, 3.05) is 18.1 Å². The van der Waals surface area contributed by atoms with Crippen LogP contribution in [0, 0.1) is 20.8 Å². The first-order chi connectivity index (χ1) is 16.2. The highest BCUT2D eigenvalue weighted by atomic mass is 35.5. The molecule has 1 amide bonds. The number of nitrogens with one attached hydrogen (secondary N) is 2. The van der Waals surface area contributed by atoms with E-state index in [1.54, 1.807) is 6.07 Å². The van der Waals surface area contributed by atoms with Gasteiger partial charge in [0, 0.05) is 53.3 Å². The molecule has 184 valence electrons. The van der Waals surface area contributed by atoms with E-state index in [0.717, 1.165) is 61.3 Å². The number of aromatic nitrogens is 1. The SMILES string of the molecule is CCN(c1cc(Cl)cc(C(=O)NCc2c(C)cc(C)[nH]c2=O)c1C)C1CCC2(CCCO2)CC1. The lowest BCUT2D eigenvalue weighted by molar-refractivity contribution is -0.0280. The topological polar surface area (TPSA) is 74.4 Å². The van der Waals surface area contributed by atoms with Crippen molar-refractivity contribution in [3.05, 3.63) is 61.5 Å². The maximum Gasteiger partial charge on any atom is 0.253 e. The lowest BCUT2D eigenvalue weighted by atomic mass is 9.79. The van der Waals surface area contributed by atoms with Crippen LogP contribution in [0.5, 0.6) is 0 Å². The van der Waals surface area contributed by atoms with Crippen LogP contribution < -0.4 is 15.8 Å². The summed E-state index contributed by atoms with van der Waals surface area (Å²) in [6.07, 6.45) is 6.68. The fraction of sp³-hybridized carbons (Fsp3) is 0.556. The van der Waals surface area contributed by atoms with E-state index in [4.69, 9.17) is 16.3 Å². The second-order valence-electron chi connectivity index (χ2n) is 9.88. The minimum absolute atomic E-state index is 0.0935. The number of nitrogens with zero attached hydrogens (tertiary/aromatic N) is 1. The molecular formula is C27H36ClN3O3. The monoisotopic (exact) mass is 485 g/mol. The predicted octanol–water partition coefficient (Wildman–Crippen LogP) is 5.20. The molecule has 34 heavy (non-hydrogen) atoms. The van der Waals surface area contributed by atoms with Gasteiger partial charge in [-0.05, 0) is 95.5 Å². The average Bonchev–Trinajstić information content (AvgIpc) is 3.24. The molecule has 0 bridgehead atoms. The summed E-state index contributed by atoms with van der Waals surface area (Å²) in [6.45, 7) is 9.78. The van der Waals surface area contributed by atoms with Gasteiger partial charge >= 0.3 is 0 Å². The predicted molar refractivity (Wildman–Crippen MR) is 137 cm³/mol. The summed E-state index contributed by atoms with van der Waals surface area (Å²) in [5.41, 5.74) is 4.64. The number of carbonyl (C=O) groups is 1. The van der Waals surface area contributed by atoms with Gasteiger partial charge in [0.2, 0.25) is 0 Å². The molecule has 2 fully saturated rings. The summed E-state index contributed by atoms with van der Waals surface area (Å²) in [7, 11) is 0. The third-order valence-corrected chi connectivity index (χ3v) is 7.87. The molecule has 0 atom stereocenters. The maximum absolute atomic E-state index is 13.2. The van der Waals surface area contributed by atoms with Gasteiger partial charge in [0.1, 0.15) is 0 Å². The van der Waals surface area contributed by atoms with Gasteiger partial charge in [-0.3, -0.25) is 9.59 Å². The molecule has 1 spiro atoms. The zero-order valence-electron chi connectivity index (χ0n) is 20.7. The molecule has 1 aliphatic heterocycles. The molecule has 6 nitrogen and oxygen atoms in total. The normalized spacial score (nSPS) is 22.2. The largest absolute Gasteiger partial charge is 0.375 e. The number of benzene rings is 1. The molecule has 1 saturated carbocycles. The molecule has 2 heterocycles. The van der Waals surface area contributed by atoms with Crippen molar-refractivity contribution in [1.29, 1.82) is 0 Å². The summed E-state index contributed by atoms with van der Waals surface area (Å²) in [4.78, 5) is 30.7. The van der Waals surface area contributed by atoms with Crippen LogP contribution in [0.3, 0.4) is 0 Å². The lowest BCUT2D eigenvalue weighted by Gasteiger charge is -2.42. The van der Waals surface area contributed by atoms with Crippen LogP contribution >= 0.6 is 11.6 Å². The van der Waals surface area contributed by atoms with Crippen molar-refractivity contribution in [3.63, 3.8) is 0 Å². The standard InChI is InChI=1S/C27H36ClN3O3/c1-5-31(21-7-10-27(11-8-21)9-6-12-34-27)24-15-20(28)14-22(19(24)4)25(32)29-16-23-17(2)13-18(3)30-26(23)33/h13-15,21H,5-12,16H2,1-4H3,(H,29,32)(H,30,33). The fourth-order valence-electron chi connectivity index (χ4n) is 5.78. The van der Waals surface area contributed by atoms with Gasteiger partial charge in [-0.25, -0.2) is 0 Å². The number of amides is 1. The lowest BCUT2D eigenvalue weighted by Crippen LogP contribution is -2.44. The summed E-state index contributed by atoms with van der Waals surface area (Å²) >= 11 is 6.51. The first-order valence-electron chi connectivity index (χ1n) is 12.4. The van der Waals surface area contributed by atoms with Crippen molar-refractivity contribution >= 4 is 23.2 Å². The van der Waals surface area contributed by atoms with E-state index in [1.165, 1.54) is 12.8 Å². The van der Waals surface area contributed by atoms with E-state index in [1.807, 2.05) is 32.9 Å². The number of aryl methyl sites for hydroxylation is 2. The number of pyridine rings is 1. The average molecular weight is 486 g/mol. The van der Waals surface area contributed by atoms with Gasteiger partial charge in [-0.1, -0.05) is 11.6 Å². The van der Waals surface area contributed by atoms with E-state index < -0.39 is 0 Å². The molecule has 2 aliphatic rings. The van der Waals surface area contributed by atoms with Crippen molar-refractivity contribution in [2.45, 2.75) is 84.4 Å². The molecule has 0 unspecified atom stereocenters. The zero-order chi connectivity index (χ0) is 24.5. The van der Waals surface area contributed by atoms with Crippen LogP contribution in [0.4, 0.5) is 5.69 Å². The second-order valence-corrected chi connectivity index (χ2v) is 10.3. The van der Waals surface area contributed by atoms with E-state index in [2.05, 4.69) is 22.1 Å². The first-order valence-corrected chi connectivity index (χ1v) is 12.8. The van der Waals surface area contributed by atoms with Gasteiger partial charge in [-0.15, -0.1) is 0 Å². The third-order valence-electron chi connectivity index (χ3n) is 7.65. The maximum atomic E-state index is 13.2. The van der Waals surface area contributed by atoms with Crippen LogP contribution in [-0.2, 0) is 11.3 Å². The number of H-pyrrole nitrogens is 1. The Morgan fingerprint density at radius 3 is 2.56 bits per heavy atom. The quantitative estimate of drug-likeness (QED) is 0.589. The number of rotatable bonds is 6. The number of anilines is 1. The van der Waals surface area contributed by atoms with Gasteiger partial charge in [0.15, 0.2) is 0 Å². The molecule has 1 aromatic heterocycles. The van der Waals surface area contributed by atoms with Crippen LogP contribution in [0.2, 0.25) is 5.02 Å². The molecule has 1 saturated heterocycles. The first kappa shape index (κ1) is 24.8. The van der Waals surface area contributed by atoms with Gasteiger partial charge in [0.25, 0.3) is 11.5 Å². The Bertz CT molecular complexity index is 1110. The number of carbonyl (C=O) groups excluding carboxylic acids is 1. The van der Waals surface area contributed by atoms with Gasteiger partial charge < -0.3 is 19.9 Å². The van der Waals surface area contributed by atoms with E-state index >= 15 is 0 Å². The Morgan fingerprint density at radius 2 is 1.94 bits per heavy atom. The Morgan fingerprint density at radius 1 is 1.21 bits per heavy atom. The van der Waals surface area contributed by atoms with Crippen molar-refractivity contribution in [3.8, 4) is 0 Å². The summed E-state index contributed by atoms with van der Waals surface area (Å²) in [5, 5.41) is 3.47. The Labute approximate surface area is 207 Å².